The Morgan fingerprint density at radius 3 is 2.41 bits per heavy atom. The van der Waals surface area contributed by atoms with E-state index in [-0.39, 0.29) is 11.6 Å². The van der Waals surface area contributed by atoms with Crippen molar-refractivity contribution in [1.82, 2.24) is 15.0 Å². The number of carbonyl (C=O) groups is 1. The maximum absolute atomic E-state index is 12.5. The van der Waals surface area contributed by atoms with Gasteiger partial charge in [-0.3, -0.25) is 4.79 Å². The zero-order valence-electron chi connectivity index (χ0n) is 18.3. The highest BCUT2D eigenvalue weighted by atomic mass is 32.2. The highest BCUT2D eigenvalue weighted by Gasteiger charge is 2.14. The van der Waals surface area contributed by atoms with E-state index in [9.17, 15) is 9.90 Å². The van der Waals surface area contributed by atoms with Gasteiger partial charge >= 0.3 is 0 Å². The summed E-state index contributed by atoms with van der Waals surface area (Å²) in [4.78, 5) is 24.3. The molecule has 1 amide bonds. The Morgan fingerprint density at radius 1 is 1.03 bits per heavy atom. The number of amides is 1. The maximum Gasteiger partial charge on any atom is 0.295 e. The number of fused-ring (bicyclic) bond motifs is 1. The molecule has 0 saturated carbocycles. The lowest BCUT2D eigenvalue weighted by molar-refractivity contribution is 0.0995. The Hall–Kier alpha value is -3.52. The summed E-state index contributed by atoms with van der Waals surface area (Å²) < 4.78 is 0. The number of rotatable bonds is 5. The molecule has 0 aliphatic carbocycles. The van der Waals surface area contributed by atoms with Crippen LogP contribution in [-0.2, 0) is 5.75 Å². The molecule has 2 aromatic carbocycles. The van der Waals surface area contributed by atoms with Gasteiger partial charge in [0, 0.05) is 28.1 Å². The summed E-state index contributed by atoms with van der Waals surface area (Å²) in [6.07, 6.45) is 0. The van der Waals surface area contributed by atoms with Crippen LogP contribution in [0.1, 0.15) is 38.4 Å². The van der Waals surface area contributed by atoms with Crippen molar-refractivity contribution in [2.75, 3.05) is 0 Å². The summed E-state index contributed by atoms with van der Waals surface area (Å²) in [6.45, 7) is 7.82. The summed E-state index contributed by atoms with van der Waals surface area (Å²) >= 11 is 1.55. The Bertz CT molecular complexity index is 1320. The van der Waals surface area contributed by atoms with Gasteiger partial charge in [0.15, 0.2) is 10.8 Å². The zero-order valence-corrected chi connectivity index (χ0v) is 19.1. The van der Waals surface area contributed by atoms with Gasteiger partial charge in [0.25, 0.3) is 5.91 Å². The van der Waals surface area contributed by atoms with Gasteiger partial charge in [0.2, 0.25) is 5.88 Å². The summed E-state index contributed by atoms with van der Waals surface area (Å²) in [5, 5.41) is 19.6. The van der Waals surface area contributed by atoms with E-state index in [1.807, 2.05) is 58.0 Å². The third kappa shape index (κ3) is 4.70. The van der Waals surface area contributed by atoms with E-state index in [4.69, 9.17) is 0 Å². The molecule has 0 bridgehead atoms. The van der Waals surface area contributed by atoms with Crippen LogP contribution in [0.15, 0.2) is 57.8 Å². The molecule has 0 spiro atoms. The number of carbonyl (C=O) groups excluding carboxylic acids is 1. The molecule has 0 saturated heterocycles. The number of nitrogens with zero attached hydrogens (tertiary/aromatic N) is 4. The van der Waals surface area contributed by atoms with Crippen molar-refractivity contribution in [3.63, 3.8) is 0 Å². The number of benzene rings is 2. The maximum atomic E-state index is 12.5. The van der Waals surface area contributed by atoms with Crippen LogP contribution >= 0.6 is 11.8 Å². The van der Waals surface area contributed by atoms with Crippen LogP contribution in [0.2, 0.25) is 0 Å². The summed E-state index contributed by atoms with van der Waals surface area (Å²) in [6, 6.07) is 13.1. The lowest BCUT2D eigenvalue weighted by Crippen LogP contribution is -1.95. The van der Waals surface area contributed by atoms with E-state index in [2.05, 4.69) is 25.2 Å². The number of aromatic nitrogens is 3. The van der Waals surface area contributed by atoms with Gasteiger partial charge < -0.3 is 10.1 Å². The van der Waals surface area contributed by atoms with Crippen LogP contribution in [0.5, 0.6) is 5.88 Å². The predicted octanol–water partition coefficient (Wildman–Crippen LogP) is 6.11. The molecule has 4 aromatic rings. The minimum atomic E-state index is -0.472. The van der Waals surface area contributed by atoms with Crippen LogP contribution in [0.4, 0.5) is 5.69 Å². The lowest BCUT2D eigenvalue weighted by Gasteiger charge is -2.04. The SMILES string of the molecule is Cc1cc(C)c2[nH]c(O)c(N=NC(=O)c3ccc(CSc4nc(C)cc(C)n4)cc3)c2c1. The van der Waals surface area contributed by atoms with Crippen LogP contribution in [0, 0.1) is 27.7 Å². The molecule has 0 aliphatic rings. The Labute approximate surface area is 190 Å². The number of aromatic amines is 1. The van der Waals surface area contributed by atoms with Crippen molar-refractivity contribution >= 4 is 34.3 Å². The van der Waals surface area contributed by atoms with E-state index < -0.39 is 5.91 Å². The van der Waals surface area contributed by atoms with Crippen molar-refractivity contribution in [1.29, 1.82) is 0 Å². The first-order valence-electron chi connectivity index (χ1n) is 10.1. The van der Waals surface area contributed by atoms with Crippen molar-refractivity contribution in [2.45, 2.75) is 38.6 Å². The van der Waals surface area contributed by atoms with Crippen LogP contribution < -0.4 is 0 Å². The van der Waals surface area contributed by atoms with Gasteiger partial charge in [-0.05, 0) is 63.1 Å². The fourth-order valence-electron chi connectivity index (χ4n) is 3.53. The van der Waals surface area contributed by atoms with Gasteiger partial charge in [0.1, 0.15) is 0 Å². The molecule has 32 heavy (non-hydrogen) atoms. The zero-order chi connectivity index (χ0) is 22.8. The molecular formula is C24H23N5O2S. The molecule has 0 atom stereocenters. The lowest BCUT2D eigenvalue weighted by atomic mass is 10.1. The first kappa shape index (κ1) is 21.7. The van der Waals surface area contributed by atoms with Crippen molar-refractivity contribution < 1.29 is 9.90 Å². The van der Waals surface area contributed by atoms with Crippen LogP contribution in [-0.4, -0.2) is 26.0 Å². The number of aromatic hydroxyl groups is 1. The topological polar surface area (TPSA) is 104 Å². The highest BCUT2D eigenvalue weighted by Crippen LogP contribution is 2.37. The number of hydrogen-bond acceptors (Lipinski definition) is 6. The molecule has 2 heterocycles. The van der Waals surface area contributed by atoms with Crippen LogP contribution in [0.25, 0.3) is 10.9 Å². The average molecular weight is 446 g/mol. The van der Waals surface area contributed by atoms with Gasteiger partial charge in [0.05, 0.1) is 5.52 Å². The molecule has 0 unspecified atom stereocenters. The Balaban J connectivity index is 1.47. The first-order valence-corrected chi connectivity index (χ1v) is 11.1. The van der Waals surface area contributed by atoms with Gasteiger partial charge in [-0.1, -0.05) is 35.5 Å². The minimum Gasteiger partial charge on any atom is -0.493 e. The molecule has 7 nitrogen and oxygen atoms in total. The molecule has 8 heteroatoms. The second-order valence-corrected chi connectivity index (χ2v) is 8.69. The van der Waals surface area contributed by atoms with E-state index in [0.29, 0.717) is 11.3 Å². The smallest absolute Gasteiger partial charge is 0.295 e. The summed E-state index contributed by atoms with van der Waals surface area (Å²) in [5.74, 6) is 0.118. The predicted molar refractivity (Wildman–Crippen MR) is 126 cm³/mol. The highest BCUT2D eigenvalue weighted by molar-refractivity contribution is 7.98. The molecule has 4 rings (SSSR count). The first-order chi connectivity index (χ1) is 15.3. The van der Waals surface area contributed by atoms with E-state index in [1.165, 1.54) is 0 Å². The molecule has 2 N–H and O–H groups in total. The number of hydrogen-bond donors (Lipinski definition) is 2. The van der Waals surface area contributed by atoms with E-state index in [1.54, 1.807) is 23.9 Å². The minimum absolute atomic E-state index is 0.105. The molecule has 162 valence electrons. The second-order valence-electron chi connectivity index (χ2n) is 7.75. The standard InChI is InChI=1S/C24H23N5O2S/c1-13-9-14(2)20-19(10-13)21(23(31)27-20)28-29-22(30)18-7-5-17(6-8-18)12-32-24-25-15(3)11-16(4)26-24/h5-11,27,31H,12H2,1-4H3. The van der Waals surface area contributed by atoms with Crippen molar-refractivity contribution in [3.8, 4) is 5.88 Å². The fourth-order valence-corrected chi connectivity index (χ4v) is 4.43. The molecule has 0 fully saturated rings. The second kappa shape index (κ2) is 8.92. The van der Waals surface area contributed by atoms with Gasteiger partial charge in [-0.2, -0.15) is 0 Å². The summed E-state index contributed by atoms with van der Waals surface area (Å²) in [7, 11) is 0. The summed E-state index contributed by atoms with van der Waals surface area (Å²) in [5.41, 5.74) is 6.43. The molecule has 2 aromatic heterocycles. The molecule has 0 aliphatic heterocycles. The number of aryl methyl sites for hydroxylation is 4. The third-order valence-electron chi connectivity index (χ3n) is 4.97. The molecule has 0 radical (unpaired) electrons. The van der Waals surface area contributed by atoms with Gasteiger partial charge in [-0.25, -0.2) is 9.97 Å². The normalized spacial score (nSPS) is 11.5. The number of H-pyrrole nitrogens is 1. The monoisotopic (exact) mass is 445 g/mol. The van der Waals surface area contributed by atoms with Gasteiger partial charge in [-0.15, -0.1) is 10.2 Å². The Kier molecular flexibility index (Phi) is 6.05. The number of azo groups is 1. The average Bonchev–Trinajstić information content (AvgIpc) is 3.05. The van der Waals surface area contributed by atoms with E-state index >= 15 is 0 Å². The number of nitrogens with one attached hydrogen (secondary N) is 1. The van der Waals surface area contributed by atoms with Crippen molar-refractivity contribution in [2.24, 2.45) is 10.2 Å². The molecular weight excluding hydrogens is 422 g/mol. The number of thioether (sulfide) groups is 1. The largest absolute Gasteiger partial charge is 0.493 e. The third-order valence-corrected chi connectivity index (χ3v) is 5.89. The van der Waals surface area contributed by atoms with E-state index in [0.717, 1.165) is 44.1 Å². The van der Waals surface area contributed by atoms with Crippen molar-refractivity contribution in [3.05, 3.63) is 76.1 Å². The Morgan fingerprint density at radius 2 is 1.72 bits per heavy atom. The van der Waals surface area contributed by atoms with Crippen LogP contribution in [0.3, 0.4) is 0 Å². The fraction of sp³-hybridized carbons (Fsp3) is 0.208. The quantitative estimate of drug-likeness (QED) is 0.219.